The highest BCUT2D eigenvalue weighted by atomic mass is 32.1. The fraction of sp³-hybridized carbons (Fsp3) is 0.250. The van der Waals surface area contributed by atoms with Crippen molar-refractivity contribution in [1.82, 2.24) is 4.90 Å². The van der Waals surface area contributed by atoms with Gasteiger partial charge in [-0.2, -0.15) is 0 Å². The summed E-state index contributed by atoms with van der Waals surface area (Å²) in [5, 5.41) is 0.322. The summed E-state index contributed by atoms with van der Waals surface area (Å²) in [6.07, 6.45) is 3.97. The van der Waals surface area contributed by atoms with E-state index in [2.05, 4.69) is 0 Å². The maximum atomic E-state index is 5.73. The second kappa shape index (κ2) is 9.10. The van der Waals surface area contributed by atoms with Crippen LogP contribution in [0.15, 0.2) is 36.4 Å². The molecule has 0 aliphatic heterocycles. The fourth-order valence-corrected chi connectivity index (χ4v) is 2.27. The Bertz CT molecular complexity index is 760. The Balaban J connectivity index is 2.31. The van der Waals surface area contributed by atoms with E-state index in [-0.39, 0.29) is 0 Å². The van der Waals surface area contributed by atoms with Gasteiger partial charge >= 0.3 is 0 Å². The van der Waals surface area contributed by atoms with Gasteiger partial charge in [0.25, 0.3) is 5.17 Å². The largest absolute Gasteiger partial charge is 0.497 e. The highest BCUT2D eigenvalue weighted by Gasteiger charge is 2.16. The van der Waals surface area contributed by atoms with Gasteiger partial charge in [0, 0.05) is 14.1 Å². The van der Waals surface area contributed by atoms with Gasteiger partial charge in [0.1, 0.15) is 5.75 Å². The predicted octanol–water partition coefficient (Wildman–Crippen LogP) is 4.11. The molecule has 0 saturated carbocycles. The summed E-state index contributed by atoms with van der Waals surface area (Å²) in [5.74, 6) is 2.37. The number of hydrogen-bond donors (Lipinski definition) is 0. The van der Waals surface area contributed by atoms with E-state index in [9.17, 15) is 0 Å². The molecule has 26 heavy (non-hydrogen) atoms. The first-order valence-electron chi connectivity index (χ1n) is 7.95. The van der Waals surface area contributed by atoms with Crippen LogP contribution < -0.4 is 18.9 Å². The van der Waals surface area contributed by atoms with Crippen molar-refractivity contribution in [2.45, 2.75) is 0 Å². The van der Waals surface area contributed by atoms with Gasteiger partial charge in [-0.3, -0.25) is 0 Å². The molecular weight excluding hydrogens is 350 g/mol. The second-order valence-electron chi connectivity index (χ2n) is 5.62. The van der Waals surface area contributed by atoms with Gasteiger partial charge in [0.2, 0.25) is 5.75 Å². The molecule has 0 amide bonds. The zero-order valence-corrected chi connectivity index (χ0v) is 16.4. The molecule has 2 rings (SSSR count). The number of rotatable bonds is 6. The van der Waals surface area contributed by atoms with Gasteiger partial charge in [-0.15, -0.1) is 0 Å². The van der Waals surface area contributed by atoms with Crippen LogP contribution in [-0.2, 0) is 0 Å². The van der Waals surface area contributed by atoms with Crippen molar-refractivity contribution in [2.24, 2.45) is 0 Å². The summed E-state index contributed by atoms with van der Waals surface area (Å²) in [6, 6.07) is 11.5. The molecule has 0 radical (unpaired) electrons. The number of thiocarbonyl (C=S) groups is 1. The lowest BCUT2D eigenvalue weighted by Crippen LogP contribution is -2.25. The number of ether oxygens (including phenoxy) is 4. The van der Waals surface area contributed by atoms with Crippen molar-refractivity contribution in [3.63, 3.8) is 0 Å². The molecule has 0 N–H and O–H groups in total. The van der Waals surface area contributed by atoms with E-state index in [1.54, 1.807) is 26.2 Å². The van der Waals surface area contributed by atoms with Gasteiger partial charge in [0.05, 0.1) is 21.3 Å². The monoisotopic (exact) mass is 373 g/mol. The fourth-order valence-electron chi connectivity index (χ4n) is 2.18. The smallest absolute Gasteiger partial charge is 0.264 e. The molecule has 0 saturated heterocycles. The van der Waals surface area contributed by atoms with Gasteiger partial charge in [-0.1, -0.05) is 24.3 Å². The van der Waals surface area contributed by atoms with Crippen molar-refractivity contribution >= 4 is 29.5 Å². The average Bonchev–Trinajstić information content (AvgIpc) is 2.66. The van der Waals surface area contributed by atoms with Crippen LogP contribution in [0.2, 0.25) is 0 Å². The van der Waals surface area contributed by atoms with Crippen molar-refractivity contribution in [2.75, 3.05) is 35.4 Å². The van der Waals surface area contributed by atoms with Gasteiger partial charge in [0.15, 0.2) is 11.5 Å². The molecule has 0 spiro atoms. The quantitative estimate of drug-likeness (QED) is 0.561. The molecule has 0 aliphatic carbocycles. The third kappa shape index (κ3) is 4.89. The molecule has 138 valence electrons. The molecule has 0 aromatic heterocycles. The minimum Gasteiger partial charge on any atom is -0.497 e. The Morgan fingerprint density at radius 2 is 1.38 bits per heavy atom. The van der Waals surface area contributed by atoms with Gasteiger partial charge < -0.3 is 23.8 Å². The molecular formula is C20H23NO4S. The Labute approximate surface area is 159 Å². The maximum absolute atomic E-state index is 5.73. The van der Waals surface area contributed by atoms with Crippen LogP contribution >= 0.6 is 12.2 Å². The van der Waals surface area contributed by atoms with Crippen molar-refractivity contribution in [1.29, 1.82) is 0 Å². The lowest BCUT2D eigenvalue weighted by molar-refractivity contribution is 0.347. The van der Waals surface area contributed by atoms with E-state index in [1.165, 1.54) is 0 Å². The summed E-state index contributed by atoms with van der Waals surface area (Å²) in [4.78, 5) is 1.70. The molecule has 0 aliphatic rings. The summed E-state index contributed by atoms with van der Waals surface area (Å²) in [7, 11) is 8.43. The van der Waals surface area contributed by atoms with Gasteiger partial charge in [-0.25, -0.2) is 0 Å². The summed E-state index contributed by atoms with van der Waals surface area (Å²) >= 11 is 5.21. The summed E-state index contributed by atoms with van der Waals surface area (Å²) < 4.78 is 21.8. The van der Waals surface area contributed by atoms with E-state index in [0.717, 1.165) is 16.9 Å². The minimum atomic E-state index is 0.322. The molecule has 0 atom stereocenters. The molecule has 2 aromatic carbocycles. The van der Waals surface area contributed by atoms with Crippen molar-refractivity contribution in [3.05, 3.63) is 47.5 Å². The number of benzene rings is 2. The van der Waals surface area contributed by atoms with Crippen LogP contribution in [0.5, 0.6) is 23.0 Å². The average molecular weight is 373 g/mol. The normalized spacial score (nSPS) is 10.5. The van der Waals surface area contributed by atoms with E-state index in [0.29, 0.717) is 22.4 Å². The molecule has 0 unspecified atom stereocenters. The van der Waals surface area contributed by atoms with E-state index in [4.69, 9.17) is 31.2 Å². The van der Waals surface area contributed by atoms with Crippen LogP contribution in [0.3, 0.4) is 0 Å². The first-order chi connectivity index (χ1) is 12.5. The zero-order valence-electron chi connectivity index (χ0n) is 15.6. The molecule has 0 fully saturated rings. The Morgan fingerprint density at radius 3 is 1.85 bits per heavy atom. The standard InChI is InChI=1S/C20H23NO4S/c1-21(2)20(26)25-19-17(23-4)12-15(13-18(19)24-5)7-6-14-8-10-16(22-3)11-9-14/h6-13H,1-5H3/b7-6-. The van der Waals surface area contributed by atoms with Crippen LogP contribution in [0.1, 0.15) is 11.1 Å². The Hall–Kier alpha value is -2.73. The van der Waals surface area contributed by atoms with Gasteiger partial charge in [-0.05, 0) is 47.6 Å². The van der Waals surface area contributed by atoms with E-state index in [1.807, 2.05) is 62.6 Å². The van der Waals surface area contributed by atoms with Crippen LogP contribution in [0, 0.1) is 0 Å². The first kappa shape index (κ1) is 19.6. The zero-order chi connectivity index (χ0) is 19.1. The Morgan fingerprint density at radius 1 is 0.846 bits per heavy atom. The third-order valence-electron chi connectivity index (χ3n) is 3.62. The summed E-state index contributed by atoms with van der Waals surface area (Å²) in [6.45, 7) is 0. The lowest BCUT2D eigenvalue weighted by atomic mass is 10.1. The number of nitrogens with zero attached hydrogens (tertiary/aromatic N) is 1. The highest BCUT2D eigenvalue weighted by molar-refractivity contribution is 7.80. The SMILES string of the molecule is COc1ccc(/C=C\c2cc(OC)c(OC(=S)N(C)C)c(OC)c2)cc1. The minimum absolute atomic E-state index is 0.322. The molecule has 0 bridgehead atoms. The number of hydrogen-bond acceptors (Lipinski definition) is 5. The topological polar surface area (TPSA) is 40.2 Å². The van der Waals surface area contributed by atoms with Crippen molar-refractivity contribution < 1.29 is 18.9 Å². The molecule has 2 aromatic rings. The van der Waals surface area contributed by atoms with Crippen LogP contribution in [0.4, 0.5) is 0 Å². The Kier molecular flexibility index (Phi) is 6.86. The molecule has 5 nitrogen and oxygen atoms in total. The number of methoxy groups -OCH3 is 3. The van der Waals surface area contributed by atoms with E-state index < -0.39 is 0 Å². The van der Waals surface area contributed by atoms with E-state index >= 15 is 0 Å². The maximum Gasteiger partial charge on any atom is 0.264 e. The van der Waals surface area contributed by atoms with Crippen LogP contribution in [-0.4, -0.2) is 45.5 Å². The molecule has 0 heterocycles. The predicted molar refractivity (Wildman–Crippen MR) is 108 cm³/mol. The summed E-state index contributed by atoms with van der Waals surface area (Å²) in [5.41, 5.74) is 1.97. The molecule has 6 heteroatoms. The highest BCUT2D eigenvalue weighted by Crippen LogP contribution is 2.39. The van der Waals surface area contributed by atoms with Crippen molar-refractivity contribution in [3.8, 4) is 23.0 Å². The third-order valence-corrected chi connectivity index (χ3v) is 4.07. The lowest BCUT2D eigenvalue weighted by Gasteiger charge is -2.18. The second-order valence-corrected chi connectivity index (χ2v) is 5.97. The van der Waals surface area contributed by atoms with Crippen LogP contribution in [0.25, 0.3) is 12.2 Å². The first-order valence-corrected chi connectivity index (χ1v) is 8.36.